The number of aromatic nitrogens is 2. The quantitative estimate of drug-likeness (QED) is 0.869. The van der Waals surface area contributed by atoms with Crippen LogP contribution in [0.3, 0.4) is 0 Å². The summed E-state index contributed by atoms with van der Waals surface area (Å²) < 4.78 is 26.5. The number of hydrogen-bond donors (Lipinski definition) is 1. The number of hydrogen-bond acceptors (Lipinski definition) is 2. The summed E-state index contributed by atoms with van der Waals surface area (Å²) in [7, 11) is 0. The van der Waals surface area contributed by atoms with Gasteiger partial charge in [-0.05, 0) is 18.2 Å². The Kier molecular flexibility index (Phi) is 2.99. The van der Waals surface area contributed by atoms with Crippen LogP contribution >= 0.6 is 0 Å². The van der Waals surface area contributed by atoms with Crippen molar-refractivity contribution in [1.82, 2.24) is 9.97 Å². The van der Waals surface area contributed by atoms with Crippen molar-refractivity contribution in [2.75, 3.05) is 0 Å². The largest absolute Gasteiger partial charge is 0.311 e. The first kappa shape index (κ1) is 11.4. The normalized spacial score (nSPS) is 10.5. The van der Waals surface area contributed by atoms with Gasteiger partial charge in [0.05, 0.1) is 5.69 Å². The molecule has 2 rings (SSSR count). The summed E-state index contributed by atoms with van der Waals surface area (Å²) in [5, 5.41) is 0. The molecular weight excluding hydrogens is 226 g/mol. The van der Waals surface area contributed by atoms with Gasteiger partial charge >= 0.3 is 0 Å². The molecule has 3 nitrogen and oxygen atoms in total. The van der Waals surface area contributed by atoms with Crippen molar-refractivity contribution < 1.29 is 8.78 Å². The van der Waals surface area contributed by atoms with E-state index in [0.29, 0.717) is 12.2 Å². The molecule has 1 aromatic heterocycles. The molecule has 0 atom stereocenters. The fourth-order valence-electron chi connectivity index (χ4n) is 1.51. The fraction of sp³-hybridized carbons (Fsp3) is 0.167. The highest BCUT2D eigenvalue weighted by molar-refractivity contribution is 5.59. The second-order valence-electron chi connectivity index (χ2n) is 3.56. The van der Waals surface area contributed by atoms with Crippen molar-refractivity contribution in [2.45, 2.75) is 13.3 Å². The Hall–Kier alpha value is -2.04. The number of benzene rings is 1. The van der Waals surface area contributed by atoms with E-state index in [0.717, 1.165) is 24.3 Å². The Morgan fingerprint density at radius 2 is 2.06 bits per heavy atom. The monoisotopic (exact) mass is 236 g/mol. The highest BCUT2D eigenvalue weighted by Gasteiger charge is 2.09. The molecule has 5 heteroatoms. The van der Waals surface area contributed by atoms with Crippen LogP contribution in [0.2, 0.25) is 0 Å². The lowest BCUT2D eigenvalue weighted by molar-refractivity contribution is 0.602. The van der Waals surface area contributed by atoms with Gasteiger partial charge in [0.1, 0.15) is 17.5 Å². The molecule has 17 heavy (non-hydrogen) atoms. The lowest BCUT2D eigenvalue weighted by atomic mass is 10.1. The number of rotatable bonds is 2. The molecule has 0 spiro atoms. The second-order valence-corrected chi connectivity index (χ2v) is 3.56. The predicted octanol–water partition coefficient (Wildman–Crippen LogP) is 2.28. The molecular formula is C12H10F2N2O. The first-order valence-electron chi connectivity index (χ1n) is 5.16. The van der Waals surface area contributed by atoms with E-state index in [1.807, 2.05) is 6.92 Å². The van der Waals surface area contributed by atoms with Gasteiger partial charge in [-0.2, -0.15) is 0 Å². The first-order chi connectivity index (χ1) is 8.10. The maximum absolute atomic E-state index is 13.5. The fourth-order valence-corrected chi connectivity index (χ4v) is 1.51. The molecule has 0 bridgehead atoms. The zero-order chi connectivity index (χ0) is 12.4. The van der Waals surface area contributed by atoms with Crippen molar-refractivity contribution in [1.29, 1.82) is 0 Å². The molecule has 88 valence electrons. The number of nitrogens with one attached hydrogen (secondary N) is 1. The van der Waals surface area contributed by atoms with Gasteiger partial charge in [0, 0.05) is 18.1 Å². The predicted molar refractivity (Wildman–Crippen MR) is 59.6 cm³/mol. The van der Waals surface area contributed by atoms with Crippen LogP contribution in [0.1, 0.15) is 12.7 Å². The molecule has 0 aliphatic rings. The van der Waals surface area contributed by atoms with Gasteiger partial charge < -0.3 is 4.98 Å². The number of aryl methyl sites for hydroxylation is 1. The molecule has 0 aliphatic carbocycles. The van der Waals surface area contributed by atoms with Gasteiger partial charge in [-0.1, -0.05) is 6.92 Å². The van der Waals surface area contributed by atoms with Crippen molar-refractivity contribution in [3.8, 4) is 11.3 Å². The smallest absolute Gasteiger partial charge is 0.251 e. The molecule has 1 N–H and O–H groups in total. The summed E-state index contributed by atoms with van der Waals surface area (Å²) in [4.78, 5) is 17.9. The third kappa shape index (κ3) is 2.38. The third-order valence-electron chi connectivity index (χ3n) is 2.33. The van der Waals surface area contributed by atoms with E-state index >= 15 is 0 Å². The van der Waals surface area contributed by atoms with Crippen molar-refractivity contribution in [2.24, 2.45) is 0 Å². The van der Waals surface area contributed by atoms with Crippen molar-refractivity contribution in [3.05, 3.63) is 52.1 Å². The van der Waals surface area contributed by atoms with Crippen LogP contribution in [0, 0.1) is 11.6 Å². The van der Waals surface area contributed by atoms with Crippen LogP contribution in [0.25, 0.3) is 11.3 Å². The molecule has 0 saturated carbocycles. The van der Waals surface area contributed by atoms with Gasteiger partial charge in [0.15, 0.2) is 0 Å². The maximum Gasteiger partial charge on any atom is 0.251 e. The van der Waals surface area contributed by atoms with Crippen LogP contribution in [0.5, 0.6) is 0 Å². The minimum absolute atomic E-state index is 0.00852. The topological polar surface area (TPSA) is 45.8 Å². The number of halogens is 2. The molecule has 0 saturated heterocycles. The minimum Gasteiger partial charge on any atom is -0.311 e. The number of nitrogens with zero attached hydrogens (tertiary/aromatic N) is 1. The number of H-pyrrole nitrogens is 1. The SMILES string of the molecule is CCc1nc(-c2cc(F)ccc2F)cc(=O)[nH]1. The minimum atomic E-state index is -0.605. The van der Waals surface area contributed by atoms with Crippen LogP contribution in [0.15, 0.2) is 29.1 Å². The van der Waals surface area contributed by atoms with Crippen LogP contribution in [-0.2, 0) is 6.42 Å². The first-order valence-corrected chi connectivity index (χ1v) is 5.16. The van der Waals surface area contributed by atoms with E-state index < -0.39 is 11.6 Å². The molecule has 0 unspecified atom stereocenters. The lowest BCUT2D eigenvalue weighted by Gasteiger charge is -2.04. The Labute approximate surface area is 96.2 Å². The number of aromatic amines is 1. The summed E-state index contributed by atoms with van der Waals surface area (Å²) >= 11 is 0. The summed E-state index contributed by atoms with van der Waals surface area (Å²) in [6, 6.07) is 4.21. The maximum atomic E-state index is 13.5. The zero-order valence-electron chi connectivity index (χ0n) is 9.13. The van der Waals surface area contributed by atoms with Gasteiger partial charge in [0.2, 0.25) is 0 Å². The van der Waals surface area contributed by atoms with E-state index in [9.17, 15) is 13.6 Å². The van der Waals surface area contributed by atoms with E-state index in [1.54, 1.807) is 0 Å². The molecule has 0 aliphatic heterocycles. The Morgan fingerprint density at radius 1 is 1.29 bits per heavy atom. The highest BCUT2D eigenvalue weighted by Crippen LogP contribution is 2.20. The standard InChI is InChI=1S/C12H10F2N2O/c1-2-11-15-10(6-12(17)16-11)8-5-7(13)3-4-9(8)14/h3-6H,2H2,1H3,(H,15,16,17). The average molecular weight is 236 g/mol. The van der Waals surface area contributed by atoms with Crippen molar-refractivity contribution in [3.63, 3.8) is 0 Å². The molecule has 2 aromatic rings. The van der Waals surface area contributed by atoms with Crippen LogP contribution in [0.4, 0.5) is 8.78 Å². The Balaban J connectivity index is 2.63. The zero-order valence-corrected chi connectivity index (χ0v) is 9.13. The summed E-state index contributed by atoms with van der Waals surface area (Å²) in [5.74, 6) is -0.732. The Morgan fingerprint density at radius 3 is 2.76 bits per heavy atom. The lowest BCUT2D eigenvalue weighted by Crippen LogP contribution is -2.10. The van der Waals surface area contributed by atoms with Gasteiger partial charge in [-0.15, -0.1) is 0 Å². The van der Waals surface area contributed by atoms with E-state index in [2.05, 4.69) is 9.97 Å². The van der Waals surface area contributed by atoms with Crippen LogP contribution in [-0.4, -0.2) is 9.97 Å². The highest BCUT2D eigenvalue weighted by atomic mass is 19.1. The van der Waals surface area contributed by atoms with Gasteiger partial charge in [-0.25, -0.2) is 13.8 Å². The third-order valence-corrected chi connectivity index (χ3v) is 2.33. The average Bonchev–Trinajstić information content (AvgIpc) is 2.31. The second kappa shape index (κ2) is 4.45. The van der Waals surface area contributed by atoms with E-state index in [4.69, 9.17) is 0 Å². The summed E-state index contributed by atoms with van der Waals surface area (Å²) in [6.07, 6.45) is 0.514. The van der Waals surface area contributed by atoms with Crippen molar-refractivity contribution >= 4 is 0 Å². The Bertz CT molecular complexity index is 608. The molecule has 1 heterocycles. The van der Waals surface area contributed by atoms with Gasteiger partial charge in [-0.3, -0.25) is 4.79 Å². The molecule has 0 fully saturated rings. The molecule has 0 amide bonds. The van der Waals surface area contributed by atoms with E-state index in [1.165, 1.54) is 0 Å². The van der Waals surface area contributed by atoms with Gasteiger partial charge in [0.25, 0.3) is 5.56 Å². The van der Waals surface area contributed by atoms with E-state index in [-0.39, 0.29) is 16.8 Å². The summed E-state index contributed by atoms with van der Waals surface area (Å²) in [5.41, 5.74) is -0.246. The van der Waals surface area contributed by atoms with Crippen LogP contribution < -0.4 is 5.56 Å². The molecule has 0 radical (unpaired) electrons. The molecule has 1 aromatic carbocycles. The summed E-state index contributed by atoms with van der Waals surface area (Å²) in [6.45, 7) is 1.81.